The number of carbonyl (C=O) groups is 2. The summed E-state index contributed by atoms with van der Waals surface area (Å²) in [6.45, 7) is 1.53. The lowest BCUT2D eigenvalue weighted by Gasteiger charge is -2.11. The number of aryl methyl sites for hydroxylation is 1. The molecule has 0 radical (unpaired) electrons. The number of sulfonamides is 1. The van der Waals surface area contributed by atoms with Crippen LogP contribution in [0.5, 0.6) is 0 Å². The fraction of sp³-hybridized carbons (Fsp3) is 0.0909. The molecule has 0 aromatic heterocycles. The van der Waals surface area contributed by atoms with Crippen LogP contribution in [0.4, 0.5) is 15.8 Å². The van der Waals surface area contributed by atoms with Gasteiger partial charge in [-0.1, -0.05) is 23.7 Å². The standard InChI is InChI=1S/C22H19ClFN3O4S/c1-13-6-8-17(12-20(13)24)32(30,31)27-16-5-3-4-14(10-16)21(28)26-15-7-9-19(23)18(11-15)22(29)25-2/h3-12,27H,1-2H3,(H,25,29)(H,26,28). The quantitative estimate of drug-likeness (QED) is 0.497. The van der Waals surface area contributed by atoms with Gasteiger partial charge in [-0.05, 0) is 61.0 Å². The van der Waals surface area contributed by atoms with Crippen LogP contribution in [0, 0.1) is 12.7 Å². The minimum Gasteiger partial charge on any atom is -0.355 e. The van der Waals surface area contributed by atoms with Gasteiger partial charge in [0.15, 0.2) is 0 Å². The topological polar surface area (TPSA) is 104 Å². The summed E-state index contributed by atoms with van der Waals surface area (Å²) in [5.41, 5.74) is 1.14. The van der Waals surface area contributed by atoms with E-state index < -0.39 is 27.7 Å². The smallest absolute Gasteiger partial charge is 0.261 e. The summed E-state index contributed by atoms with van der Waals surface area (Å²) < 4.78 is 41.2. The molecule has 3 aromatic carbocycles. The molecule has 10 heteroatoms. The van der Waals surface area contributed by atoms with Crippen molar-refractivity contribution in [2.45, 2.75) is 11.8 Å². The highest BCUT2D eigenvalue weighted by Crippen LogP contribution is 2.23. The summed E-state index contributed by atoms with van der Waals surface area (Å²) >= 11 is 6.01. The first-order chi connectivity index (χ1) is 15.1. The third-order valence-electron chi connectivity index (χ3n) is 4.53. The van der Waals surface area contributed by atoms with E-state index in [1.165, 1.54) is 68.6 Å². The minimum absolute atomic E-state index is 0.126. The lowest BCUT2D eigenvalue weighted by molar-refractivity contribution is 0.0961. The van der Waals surface area contributed by atoms with Crippen molar-refractivity contribution in [2.75, 3.05) is 17.1 Å². The van der Waals surface area contributed by atoms with Crippen LogP contribution < -0.4 is 15.4 Å². The van der Waals surface area contributed by atoms with Gasteiger partial charge in [0.2, 0.25) is 0 Å². The minimum atomic E-state index is -4.06. The lowest BCUT2D eigenvalue weighted by Crippen LogP contribution is -2.19. The summed E-state index contributed by atoms with van der Waals surface area (Å²) in [6.07, 6.45) is 0. The highest BCUT2D eigenvalue weighted by atomic mass is 35.5. The number of rotatable bonds is 6. The Hall–Kier alpha value is -3.43. The average Bonchev–Trinajstić information content (AvgIpc) is 2.76. The van der Waals surface area contributed by atoms with Crippen LogP contribution in [0.2, 0.25) is 5.02 Å². The number of carbonyl (C=O) groups excluding carboxylic acids is 2. The van der Waals surface area contributed by atoms with Crippen molar-refractivity contribution in [1.82, 2.24) is 5.32 Å². The molecule has 3 rings (SSSR count). The van der Waals surface area contributed by atoms with E-state index in [9.17, 15) is 22.4 Å². The van der Waals surface area contributed by atoms with E-state index in [4.69, 9.17) is 11.6 Å². The van der Waals surface area contributed by atoms with Crippen LogP contribution in [0.25, 0.3) is 0 Å². The number of benzene rings is 3. The second-order valence-corrected chi connectivity index (χ2v) is 8.91. The van der Waals surface area contributed by atoms with Crippen LogP contribution in [-0.2, 0) is 10.0 Å². The largest absolute Gasteiger partial charge is 0.355 e. The number of amides is 2. The van der Waals surface area contributed by atoms with Crippen molar-refractivity contribution < 1.29 is 22.4 Å². The lowest BCUT2D eigenvalue weighted by atomic mass is 10.1. The molecular weight excluding hydrogens is 457 g/mol. The van der Waals surface area contributed by atoms with Crippen LogP contribution in [-0.4, -0.2) is 27.3 Å². The molecule has 0 heterocycles. The molecule has 3 aromatic rings. The number of anilines is 2. The summed E-state index contributed by atoms with van der Waals surface area (Å²) in [6, 6.07) is 13.8. The molecule has 0 aliphatic carbocycles. The van der Waals surface area contributed by atoms with Gasteiger partial charge in [-0.2, -0.15) is 0 Å². The van der Waals surface area contributed by atoms with E-state index in [0.717, 1.165) is 6.07 Å². The Bertz CT molecular complexity index is 1310. The van der Waals surface area contributed by atoms with Gasteiger partial charge in [0.05, 0.1) is 15.5 Å². The van der Waals surface area contributed by atoms with E-state index >= 15 is 0 Å². The molecule has 0 aliphatic rings. The molecule has 0 spiro atoms. The third-order valence-corrected chi connectivity index (χ3v) is 6.24. The predicted octanol–water partition coefficient (Wildman–Crippen LogP) is 4.20. The van der Waals surface area contributed by atoms with Crippen molar-refractivity contribution in [2.24, 2.45) is 0 Å². The molecule has 0 bridgehead atoms. The van der Waals surface area contributed by atoms with Gasteiger partial charge < -0.3 is 10.6 Å². The van der Waals surface area contributed by atoms with Crippen LogP contribution in [0.15, 0.2) is 65.6 Å². The maximum absolute atomic E-state index is 13.8. The fourth-order valence-electron chi connectivity index (χ4n) is 2.79. The summed E-state index contributed by atoms with van der Waals surface area (Å²) in [4.78, 5) is 24.3. The van der Waals surface area contributed by atoms with Gasteiger partial charge in [-0.15, -0.1) is 0 Å². The van der Waals surface area contributed by atoms with E-state index in [-0.39, 0.29) is 26.7 Å². The third kappa shape index (κ3) is 5.24. The Balaban J connectivity index is 1.80. The molecule has 0 saturated heterocycles. The second-order valence-electron chi connectivity index (χ2n) is 6.83. The van der Waals surface area contributed by atoms with Gasteiger partial charge in [0.25, 0.3) is 21.8 Å². The molecule has 0 aliphatic heterocycles. The first kappa shape index (κ1) is 23.2. The molecule has 0 atom stereocenters. The summed E-state index contributed by atoms with van der Waals surface area (Å²) in [5.74, 6) is -1.58. The van der Waals surface area contributed by atoms with E-state index in [0.29, 0.717) is 11.3 Å². The molecular formula is C22H19ClFN3O4S. The molecule has 7 nitrogen and oxygen atoms in total. The number of hydrogen-bond donors (Lipinski definition) is 3. The van der Waals surface area contributed by atoms with Crippen molar-refractivity contribution >= 4 is 44.8 Å². The molecule has 32 heavy (non-hydrogen) atoms. The SMILES string of the molecule is CNC(=O)c1cc(NC(=O)c2cccc(NS(=O)(=O)c3ccc(C)c(F)c3)c2)ccc1Cl. The van der Waals surface area contributed by atoms with E-state index in [1.807, 2.05) is 0 Å². The Morgan fingerprint density at radius 2 is 1.69 bits per heavy atom. The molecule has 0 unspecified atom stereocenters. The number of halogens is 2. The zero-order valence-corrected chi connectivity index (χ0v) is 18.6. The summed E-state index contributed by atoms with van der Waals surface area (Å²) in [5, 5.41) is 5.32. The van der Waals surface area contributed by atoms with Crippen molar-refractivity contribution in [3.8, 4) is 0 Å². The molecule has 0 saturated carbocycles. The summed E-state index contributed by atoms with van der Waals surface area (Å²) in [7, 11) is -2.60. The zero-order valence-electron chi connectivity index (χ0n) is 17.1. The van der Waals surface area contributed by atoms with Crippen molar-refractivity contribution in [3.63, 3.8) is 0 Å². The van der Waals surface area contributed by atoms with Gasteiger partial charge in [0.1, 0.15) is 5.82 Å². The second kappa shape index (κ2) is 9.37. The van der Waals surface area contributed by atoms with Gasteiger partial charge >= 0.3 is 0 Å². The van der Waals surface area contributed by atoms with Crippen LogP contribution in [0.1, 0.15) is 26.3 Å². The molecule has 2 amide bonds. The predicted molar refractivity (Wildman–Crippen MR) is 121 cm³/mol. The monoisotopic (exact) mass is 475 g/mol. The highest BCUT2D eigenvalue weighted by Gasteiger charge is 2.17. The van der Waals surface area contributed by atoms with Gasteiger partial charge in [0, 0.05) is 24.0 Å². The molecule has 3 N–H and O–H groups in total. The maximum atomic E-state index is 13.8. The van der Waals surface area contributed by atoms with Crippen molar-refractivity contribution in [1.29, 1.82) is 0 Å². The maximum Gasteiger partial charge on any atom is 0.261 e. The Kier molecular flexibility index (Phi) is 6.81. The van der Waals surface area contributed by atoms with Gasteiger partial charge in [-0.3, -0.25) is 14.3 Å². The Morgan fingerprint density at radius 3 is 2.38 bits per heavy atom. The number of nitrogens with one attached hydrogen (secondary N) is 3. The molecule has 0 fully saturated rings. The molecule has 166 valence electrons. The first-order valence-corrected chi connectivity index (χ1v) is 11.2. The van der Waals surface area contributed by atoms with Gasteiger partial charge in [-0.25, -0.2) is 12.8 Å². The normalized spacial score (nSPS) is 11.0. The van der Waals surface area contributed by atoms with E-state index in [1.54, 1.807) is 0 Å². The Morgan fingerprint density at radius 1 is 0.938 bits per heavy atom. The van der Waals surface area contributed by atoms with Crippen LogP contribution in [0.3, 0.4) is 0 Å². The van der Waals surface area contributed by atoms with E-state index in [2.05, 4.69) is 15.4 Å². The van der Waals surface area contributed by atoms with Crippen LogP contribution >= 0.6 is 11.6 Å². The zero-order chi connectivity index (χ0) is 23.5. The number of hydrogen-bond acceptors (Lipinski definition) is 4. The first-order valence-electron chi connectivity index (χ1n) is 9.33. The average molecular weight is 476 g/mol. The fourth-order valence-corrected chi connectivity index (χ4v) is 4.06. The highest BCUT2D eigenvalue weighted by molar-refractivity contribution is 7.92. The van der Waals surface area contributed by atoms with Crippen molar-refractivity contribution in [3.05, 3.63) is 88.2 Å². The Labute approximate surface area is 189 Å².